The molecule has 2 amide bonds. The quantitative estimate of drug-likeness (QED) is 0.141. The summed E-state index contributed by atoms with van der Waals surface area (Å²) in [7, 11) is 0. The van der Waals surface area contributed by atoms with Crippen LogP contribution in [0.1, 0.15) is 83.4 Å². The van der Waals surface area contributed by atoms with Crippen LogP contribution in [0.2, 0.25) is 0 Å². The number of hydrogen-bond donors (Lipinski definition) is 3. The third-order valence-corrected chi connectivity index (χ3v) is 10.6. The van der Waals surface area contributed by atoms with Crippen LogP contribution in [0, 0.1) is 0 Å². The molecule has 0 bridgehead atoms. The van der Waals surface area contributed by atoms with Gasteiger partial charge in [-0.2, -0.15) is 0 Å². The summed E-state index contributed by atoms with van der Waals surface area (Å²) in [6.07, 6.45) is 13.0. The summed E-state index contributed by atoms with van der Waals surface area (Å²) in [5, 5.41) is 20.1. The fourth-order valence-corrected chi connectivity index (χ4v) is 7.54. The predicted octanol–water partition coefficient (Wildman–Crippen LogP) is 6.68. The largest absolute Gasteiger partial charge is 0.390 e. The Morgan fingerprint density at radius 2 is 1.82 bits per heavy atom. The highest BCUT2D eigenvalue weighted by Crippen LogP contribution is 2.37. The van der Waals surface area contributed by atoms with Gasteiger partial charge < -0.3 is 20.6 Å². The minimum absolute atomic E-state index is 0.00540. The normalized spacial score (nSPS) is 17.1. The molecule has 1 fully saturated rings. The zero-order valence-electron chi connectivity index (χ0n) is 29.5. The lowest BCUT2D eigenvalue weighted by Crippen LogP contribution is -2.48. The van der Waals surface area contributed by atoms with Crippen LogP contribution in [-0.2, 0) is 13.0 Å². The van der Waals surface area contributed by atoms with Crippen molar-refractivity contribution in [1.82, 2.24) is 30.5 Å². The van der Waals surface area contributed by atoms with E-state index in [1.807, 2.05) is 47.6 Å². The molecular weight excluding hydrogens is 657 g/mol. The number of hydrogen-bond acceptors (Lipinski definition) is 8. The molecule has 0 aliphatic carbocycles. The molecule has 2 aliphatic heterocycles. The maximum atomic E-state index is 14.2. The van der Waals surface area contributed by atoms with E-state index in [0.29, 0.717) is 47.8 Å². The van der Waals surface area contributed by atoms with Gasteiger partial charge in [-0.3, -0.25) is 24.5 Å². The van der Waals surface area contributed by atoms with Crippen LogP contribution in [0.3, 0.4) is 0 Å². The second-order valence-electron chi connectivity index (χ2n) is 13.7. The summed E-state index contributed by atoms with van der Waals surface area (Å²) in [5.74, 6) is -0.137. The molecule has 2 aromatic heterocycles. The van der Waals surface area contributed by atoms with Crippen molar-refractivity contribution in [3.63, 3.8) is 0 Å². The first-order chi connectivity index (χ1) is 24.7. The van der Waals surface area contributed by atoms with Gasteiger partial charge in [0, 0.05) is 66.0 Å². The number of allylic oxidation sites excluding steroid dienone is 2. The highest BCUT2D eigenvalue weighted by molar-refractivity contribution is 8.05. The molecule has 0 radical (unpaired) electrons. The number of carbonyl (C=O) groups is 2. The molecule has 51 heavy (non-hydrogen) atoms. The van der Waals surface area contributed by atoms with Gasteiger partial charge in [-0.1, -0.05) is 61.9 Å². The van der Waals surface area contributed by atoms with E-state index in [1.54, 1.807) is 48.6 Å². The molecule has 0 spiro atoms. The molecule has 264 valence electrons. The first-order valence-corrected chi connectivity index (χ1v) is 18.6. The Hall–Kier alpha value is -4.64. The van der Waals surface area contributed by atoms with Gasteiger partial charge in [0.25, 0.3) is 11.8 Å². The molecule has 3 atom stereocenters. The average Bonchev–Trinajstić information content (AvgIpc) is 3.65. The second kappa shape index (κ2) is 17.0. The zero-order valence-corrected chi connectivity index (χ0v) is 30.3. The number of rotatable bonds is 13. The van der Waals surface area contributed by atoms with E-state index in [2.05, 4.69) is 63.9 Å². The van der Waals surface area contributed by atoms with Crippen LogP contribution < -0.4 is 10.6 Å². The van der Waals surface area contributed by atoms with Crippen molar-refractivity contribution in [3.8, 4) is 11.3 Å². The molecule has 1 saturated heterocycles. The van der Waals surface area contributed by atoms with Gasteiger partial charge in [0.05, 0.1) is 30.1 Å². The van der Waals surface area contributed by atoms with Gasteiger partial charge in [0.15, 0.2) is 0 Å². The number of pyridine rings is 1. The molecule has 0 saturated carbocycles. The van der Waals surface area contributed by atoms with Crippen LogP contribution in [-0.4, -0.2) is 68.0 Å². The maximum absolute atomic E-state index is 14.2. The smallest absolute Gasteiger partial charge is 0.254 e. The van der Waals surface area contributed by atoms with Crippen molar-refractivity contribution in [1.29, 1.82) is 0 Å². The number of likely N-dealkylation sites (tertiary alicyclic amines) is 1. The number of nitrogens with zero attached hydrogens (tertiary/aromatic N) is 4. The molecule has 9 nitrogen and oxygen atoms in total. The van der Waals surface area contributed by atoms with E-state index in [0.717, 1.165) is 36.0 Å². The molecule has 3 N–H and O–H groups in total. The monoisotopic (exact) mass is 702 g/mol. The molecule has 6 rings (SSSR count). The number of aliphatic hydroxyl groups excluding tert-OH is 1. The van der Waals surface area contributed by atoms with Crippen molar-refractivity contribution in [2.24, 2.45) is 0 Å². The van der Waals surface area contributed by atoms with E-state index in [-0.39, 0.29) is 24.4 Å². The molecular formula is C41H46N6O3S. The SMILES string of the molecule is CC1=CSC([C@H]2CCCN2C(=O)c2cc(C(=O)N[C@@H](Cc3ccccc3)[C@H](O)CNCc3cncc(C(C)C)c3)cc(-c3cnccn3)c2)=CC1. The molecule has 2 aliphatic rings. The van der Waals surface area contributed by atoms with E-state index in [1.165, 1.54) is 10.5 Å². The van der Waals surface area contributed by atoms with Gasteiger partial charge >= 0.3 is 0 Å². The van der Waals surface area contributed by atoms with E-state index < -0.39 is 12.1 Å². The summed E-state index contributed by atoms with van der Waals surface area (Å²) in [6.45, 7) is 7.82. The van der Waals surface area contributed by atoms with Gasteiger partial charge in [-0.15, -0.1) is 11.8 Å². The molecule has 4 aromatic rings. The second-order valence-corrected chi connectivity index (χ2v) is 14.6. The number of carbonyl (C=O) groups excluding carboxylic acids is 2. The van der Waals surface area contributed by atoms with E-state index in [4.69, 9.17) is 0 Å². The van der Waals surface area contributed by atoms with E-state index >= 15 is 0 Å². The lowest BCUT2D eigenvalue weighted by Gasteiger charge is -2.28. The molecule has 2 aromatic carbocycles. The summed E-state index contributed by atoms with van der Waals surface area (Å²) in [4.78, 5) is 44.6. The van der Waals surface area contributed by atoms with Crippen molar-refractivity contribution in [2.45, 2.75) is 77.1 Å². The van der Waals surface area contributed by atoms with Crippen LogP contribution in [0.4, 0.5) is 0 Å². The lowest BCUT2D eigenvalue weighted by atomic mass is 9.98. The van der Waals surface area contributed by atoms with Crippen molar-refractivity contribution >= 4 is 23.6 Å². The fourth-order valence-electron chi connectivity index (χ4n) is 6.52. The highest BCUT2D eigenvalue weighted by atomic mass is 32.2. The Bertz CT molecular complexity index is 1880. The summed E-state index contributed by atoms with van der Waals surface area (Å²) in [6, 6.07) is 16.5. The molecule has 4 heterocycles. The Balaban J connectivity index is 1.24. The van der Waals surface area contributed by atoms with Gasteiger partial charge in [-0.05, 0) is 78.8 Å². The van der Waals surface area contributed by atoms with Crippen molar-refractivity contribution in [3.05, 3.63) is 135 Å². The first-order valence-electron chi connectivity index (χ1n) is 17.7. The Morgan fingerprint density at radius 3 is 2.57 bits per heavy atom. The Kier molecular flexibility index (Phi) is 12.1. The maximum Gasteiger partial charge on any atom is 0.254 e. The van der Waals surface area contributed by atoms with E-state index in [9.17, 15) is 14.7 Å². The fraction of sp³-hybridized carbons (Fsp3) is 0.341. The standard InChI is InChI=1S/C41H46N6O3S/c1-27(2)34-16-30(21-43-23-34)22-44-25-38(48)35(17-29-8-5-4-6-9-29)46-40(49)32-18-31(36-24-42-13-14-45-36)19-33(20-32)41(50)47-15-7-10-37(47)39-12-11-28(3)26-51-39/h4-6,8-9,12-14,16,18-21,23-24,26-27,35,37-38,44,48H,7,10-11,15,17,22,25H2,1-3H3,(H,46,49)/t35-,37+,38+/m0/s1. The van der Waals surface area contributed by atoms with Crippen LogP contribution in [0.25, 0.3) is 11.3 Å². The van der Waals surface area contributed by atoms with Crippen LogP contribution in [0.15, 0.2) is 108 Å². The zero-order chi connectivity index (χ0) is 35.7. The third-order valence-electron chi connectivity index (χ3n) is 9.41. The Morgan fingerprint density at radius 1 is 1.00 bits per heavy atom. The number of thioether (sulfide) groups is 1. The predicted molar refractivity (Wildman–Crippen MR) is 203 cm³/mol. The van der Waals surface area contributed by atoms with Crippen LogP contribution in [0.5, 0.6) is 0 Å². The molecule has 0 unspecified atom stereocenters. The van der Waals surface area contributed by atoms with Crippen molar-refractivity contribution < 1.29 is 14.7 Å². The van der Waals surface area contributed by atoms with Gasteiger partial charge in [-0.25, -0.2) is 0 Å². The third kappa shape index (κ3) is 9.38. The highest BCUT2D eigenvalue weighted by Gasteiger charge is 2.33. The topological polar surface area (TPSA) is 120 Å². The number of benzene rings is 2. The number of aliphatic hydroxyl groups is 1. The Labute approximate surface area is 304 Å². The number of amides is 2. The first kappa shape index (κ1) is 36.2. The number of aromatic nitrogens is 3. The lowest BCUT2D eigenvalue weighted by molar-refractivity contribution is 0.0759. The average molecular weight is 703 g/mol. The minimum Gasteiger partial charge on any atom is -0.390 e. The van der Waals surface area contributed by atoms with Crippen LogP contribution >= 0.6 is 11.8 Å². The van der Waals surface area contributed by atoms with Gasteiger partial charge in [0.2, 0.25) is 0 Å². The number of nitrogens with one attached hydrogen (secondary N) is 2. The summed E-state index contributed by atoms with van der Waals surface area (Å²) in [5.41, 5.74) is 6.40. The van der Waals surface area contributed by atoms with Gasteiger partial charge in [0.1, 0.15) is 0 Å². The summed E-state index contributed by atoms with van der Waals surface area (Å²) < 4.78 is 0. The van der Waals surface area contributed by atoms with Crippen molar-refractivity contribution in [2.75, 3.05) is 13.1 Å². The summed E-state index contributed by atoms with van der Waals surface area (Å²) >= 11 is 1.70. The minimum atomic E-state index is -0.899. The molecule has 10 heteroatoms.